The second-order valence-corrected chi connectivity index (χ2v) is 4.85. The van der Waals surface area contributed by atoms with Gasteiger partial charge in [-0.25, -0.2) is 8.78 Å². The van der Waals surface area contributed by atoms with Crippen molar-refractivity contribution < 1.29 is 13.5 Å². The number of hydrogen-bond donors (Lipinski definition) is 1. The minimum Gasteiger partial charge on any atom is -0.383 e. The molecule has 2 unspecified atom stereocenters. The highest BCUT2D eigenvalue weighted by Crippen LogP contribution is 2.28. The first-order chi connectivity index (χ1) is 9.10. The number of nitrogens with one attached hydrogen (secondary N) is 1. The Kier molecular flexibility index (Phi) is 6.95. The molecular weight excluding hydrogens is 248 g/mol. The quantitative estimate of drug-likeness (QED) is 0.732. The highest BCUT2D eigenvalue weighted by molar-refractivity contribution is 5.23. The van der Waals surface area contributed by atoms with Gasteiger partial charge in [0.2, 0.25) is 0 Å². The van der Waals surface area contributed by atoms with E-state index < -0.39 is 11.6 Å². The third-order valence-corrected chi connectivity index (χ3v) is 3.54. The minimum absolute atomic E-state index is 0.0439. The number of ether oxygens (including phenoxy) is 1. The first-order valence-corrected chi connectivity index (χ1v) is 6.74. The van der Waals surface area contributed by atoms with Crippen LogP contribution in [0.15, 0.2) is 18.2 Å². The Morgan fingerprint density at radius 2 is 2.05 bits per heavy atom. The molecule has 0 spiro atoms. The van der Waals surface area contributed by atoms with Gasteiger partial charge in [0.15, 0.2) is 0 Å². The topological polar surface area (TPSA) is 21.3 Å². The monoisotopic (exact) mass is 271 g/mol. The summed E-state index contributed by atoms with van der Waals surface area (Å²) in [6.07, 6.45) is 0.952. The lowest BCUT2D eigenvalue weighted by Crippen LogP contribution is -2.28. The van der Waals surface area contributed by atoms with E-state index in [1.165, 1.54) is 6.07 Å². The summed E-state index contributed by atoms with van der Waals surface area (Å²) in [7, 11) is 1.65. The maximum absolute atomic E-state index is 13.9. The molecule has 4 heteroatoms. The van der Waals surface area contributed by atoms with Crippen molar-refractivity contribution in [2.24, 2.45) is 5.92 Å². The SMILES string of the molecule is CCC(C)C(CNCCOC)c1ccc(F)cc1F. The molecule has 0 heterocycles. The Balaban J connectivity index is 2.78. The van der Waals surface area contributed by atoms with Gasteiger partial charge in [-0.2, -0.15) is 0 Å². The van der Waals surface area contributed by atoms with E-state index in [0.717, 1.165) is 19.0 Å². The van der Waals surface area contributed by atoms with Gasteiger partial charge >= 0.3 is 0 Å². The molecule has 1 aromatic rings. The number of rotatable bonds is 8. The molecule has 0 aromatic heterocycles. The van der Waals surface area contributed by atoms with Crippen LogP contribution in [0.3, 0.4) is 0 Å². The maximum Gasteiger partial charge on any atom is 0.129 e. The summed E-state index contributed by atoms with van der Waals surface area (Å²) in [6.45, 7) is 6.19. The van der Waals surface area contributed by atoms with Crippen molar-refractivity contribution in [1.82, 2.24) is 5.32 Å². The molecule has 0 fully saturated rings. The third-order valence-electron chi connectivity index (χ3n) is 3.54. The lowest BCUT2D eigenvalue weighted by molar-refractivity contribution is 0.198. The molecule has 0 aliphatic rings. The molecular formula is C15H23F2NO. The average Bonchev–Trinajstić information content (AvgIpc) is 2.39. The van der Waals surface area contributed by atoms with Crippen LogP contribution in [0.1, 0.15) is 31.7 Å². The van der Waals surface area contributed by atoms with Crippen LogP contribution in [0.4, 0.5) is 8.78 Å². The van der Waals surface area contributed by atoms with E-state index in [9.17, 15) is 8.78 Å². The average molecular weight is 271 g/mol. The van der Waals surface area contributed by atoms with Crippen molar-refractivity contribution in [3.8, 4) is 0 Å². The summed E-state index contributed by atoms with van der Waals surface area (Å²) < 4.78 is 31.8. The van der Waals surface area contributed by atoms with Crippen molar-refractivity contribution in [2.45, 2.75) is 26.2 Å². The van der Waals surface area contributed by atoms with E-state index in [1.807, 2.05) is 0 Å². The zero-order chi connectivity index (χ0) is 14.3. The summed E-state index contributed by atoms with van der Waals surface area (Å²) in [4.78, 5) is 0. The lowest BCUT2D eigenvalue weighted by Gasteiger charge is -2.24. The fourth-order valence-electron chi connectivity index (χ4n) is 2.14. The zero-order valence-corrected chi connectivity index (χ0v) is 11.9. The standard InChI is InChI=1S/C15H23F2NO/c1-4-11(2)14(10-18-7-8-19-3)13-6-5-12(16)9-15(13)17/h5-6,9,11,14,18H,4,7-8,10H2,1-3H3. The molecule has 19 heavy (non-hydrogen) atoms. The van der Waals surface area contributed by atoms with Crippen LogP contribution in [0.2, 0.25) is 0 Å². The first kappa shape index (κ1) is 16.1. The Morgan fingerprint density at radius 1 is 1.32 bits per heavy atom. The molecule has 1 rings (SSSR count). The number of halogens is 2. The largest absolute Gasteiger partial charge is 0.383 e. The molecule has 2 atom stereocenters. The lowest BCUT2D eigenvalue weighted by atomic mass is 9.85. The van der Waals surface area contributed by atoms with E-state index >= 15 is 0 Å². The molecule has 0 amide bonds. The van der Waals surface area contributed by atoms with Crippen molar-refractivity contribution in [3.05, 3.63) is 35.4 Å². The van der Waals surface area contributed by atoms with Gasteiger partial charge in [0.05, 0.1) is 6.61 Å². The molecule has 0 aliphatic carbocycles. The van der Waals surface area contributed by atoms with Gasteiger partial charge in [-0.05, 0) is 17.5 Å². The van der Waals surface area contributed by atoms with Crippen molar-refractivity contribution in [3.63, 3.8) is 0 Å². The van der Waals surface area contributed by atoms with Gasteiger partial charge < -0.3 is 10.1 Å². The second-order valence-electron chi connectivity index (χ2n) is 4.85. The van der Waals surface area contributed by atoms with E-state index in [0.29, 0.717) is 24.6 Å². The van der Waals surface area contributed by atoms with Gasteiger partial charge in [-0.15, -0.1) is 0 Å². The Hall–Kier alpha value is -1.00. The maximum atomic E-state index is 13.9. The molecule has 108 valence electrons. The highest BCUT2D eigenvalue weighted by atomic mass is 19.1. The Morgan fingerprint density at radius 3 is 2.63 bits per heavy atom. The summed E-state index contributed by atoms with van der Waals surface area (Å²) >= 11 is 0. The molecule has 0 radical (unpaired) electrons. The van der Waals surface area contributed by atoms with Gasteiger partial charge in [-0.3, -0.25) is 0 Å². The van der Waals surface area contributed by atoms with Crippen LogP contribution in [0.25, 0.3) is 0 Å². The van der Waals surface area contributed by atoms with Crippen molar-refractivity contribution in [2.75, 3.05) is 26.8 Å². The fourth-order valence-corrected chi connectivity index (χ4v) is 2.14. The molecule has 0 aliphatic heterocycles. The van der Waals surface area contributed by atoms with Gasteiger partial charge in [0, 0.05) is 32.2 Å². The van der Waals surface area contributed by atoms with Gasteiger partial charge in [0.1, 0.15) is 11.6 Å². The predicted molar refractivity (Wildman–Crippen MR) is 73.3 cm³/mol. The summed E-state index contributed by atoms with van der Waals surface area (Å²) in [5.74, 6) is -0.618. The van der Waals surface area contributed by atoms with Crippen LogP contribution < -0.4 is 5.32 Å². The molecule has 2 nitrogen and oxygen atoms in total. The molecule has 0 saturated carbocycles. The summed E-state index contributed by atoms with van der Waals surface area (Å²) in [5, 5.41) is 3.26. The van der Waals surface area contributed by atoms with Gasteiger partial charge in [-0.1, -0.05) is 26.3 Å². The van der Waals surface area contributed by atoms with E-state index in [-0.39, 0.29) is 5.92 Å². The third kappa shape index (κ3) is 4.88. The molecule has 1 N–H and O–H groups in total. The summed E-state index contributed by atoms with van der Waals surface area (Å²) in [5.41, 5.74) is 0.584. The smallest absolute Gasteiger partial charge is 0.129 e. The van der Waals surface area contributed by atoms with Crippen LogP contribution in [-0.4, -0.2) is 26.8 Å². The zero-order valence-electron chi connectivity index (χ0n) is 11.9. The fraction of sp³-hybridized carbons (Fsp3) is 0.600. The Bertz CT molecular complexity index is 384. The molecule has 1 aromatic carbocycles. The first-order valence-electron chi connectivity index (χ1n) is 6.74. The normalized spacial score (nSPS) is 14.4. The predicted octanol–water partition coefficient (Wildman–Crippen LogP) is 3.33. The molecule has 0 bridgehead atoms. The number of benzene rings is 1. The van der Waals surface area contributed by atoms with E-state index in [4.69, 9.17) is 4.74 Å². The van der Waals surface area contributed by atoms with Crippen LogP contribution in [0, 0.1) is 17.6 Å². The van der Waals surface area contributed by atoms with E-state index in [2.05, 4.69) is 19.2 Å². The van der Waals surface area contributed by atoms with Crippen LogP contribution >= 0.6 is 0 Å². The minimum atomic E-state index is -0.531. The molecule has 0 saturated heterocycles. The highest BCUT2D eigenvalue weighted by Gasteiger charge is 2.21. The second kappa shape index (κ2) is 8.23. The summed E-state index contributed by atoms with van der Waals surface area (Å²) in [6, 6.07) is 3.84. The number of methoxy groups -OCH3 is 1. The van der Waals surface area contributed by atoms with E-state index in [1.54, 1.807) is 13.2 Å². The van der Waals surface area contributed by atoms with Crippen molar-refractivity contribution >= 4 is 0 Å². The Labute approximate surface area is 114 Å². The van der Waals surface area contributed by atoms with Gasteiger partial charge in [0.25, 0.3) is 0 Å². The van der Waals surface area contributed by atoms with Crippen LogP contribution in [-0.2, 0) is 4.74 Å². The van der Waals surface area contributed by atoms with Crippen molar-refractivity contribution in [1.29, 1.82) is 0 Å². The number of hydrogen-bond acceptors (Lipinski definition) is 2. The van der Waals surface area contributed by atoms with Crippen LogP contribution in [0.5, 0.6) is 0 Å².